The Morgan fingerprint density at radius 1 is 1.22 bits per heavy atom. The van der Waals surface area contributed by atoms with Crippen LogP contribution in [-0.2, 0) is 29.0 Å². The molecule has 0 aromatic heterocycles. The van der Waals surface area contributed by atoms with Crippen molar-refractivity contribution in [1.29, 1.82) is 0 Å². The number of para-hydroxylation sites is 1. The van der Waals surface area contributed by atoms with Gasteiger partial charge >= 0.3 is 5.97 Å². The monoisotopic (exact) mass is 393 g/mol. The number of ether oxygens (including phenoxy) is 1. The summed E-state index contributed by atoms with van der Waals surface area (Å²) in [5, 5.41) is 7.73. The largest absolute Gasteiger partial charge is 0.451 e. The smallest absolute Gasteiger partial charge is 0.355 e. The van der Waals surface area contributed by atoms with Gasteiger partial charge in [-0.15, -0.1) is 0 Å². The molecule has 0 aliphatic carbocycles. The van der Waals surface area contributed by atoms with E-state index in [1.165, 1.54) is 0 Å². The van der Waals surface area contributed by atoms with Crippen LogP contribution in [0.1, 0.15) is 19.3 Å². The molecule has 27 heavy (non-hydrogen) atoms. The number of nitrogens with zero attached hydrogens (tertiary/aromatic N) is 2. The number of carbonyl (C=O) groups excluding carboxylic acids is 3. The average molecular weight is 393 g/mol. The van der Waals surface area contributed by atoms with E-state index in [0.29, 0.717) is 12.1 Å². The minimum absolute atomic E-state index is 0.0396. The van der Waals surface area contributed by atoms with Gasteiger partial charge in [0.1, 0.15) is 5.71 Å². The first kappa shape index (κ1) is 19.0. The van der Waals surface area contributed by atoms with Crippen molar-refractivity contribution in [1.82, 2.24) is 5.32 Å². The van der Waals surface area contributed by atoms with Gasteiger partial charge in [0, 0.05) is 18.9 Å². The maximum absolute atomic E-state index is 12.2. The molecule has 1 aromatic rings. The predicted molar refractivity (Wildman–Crippen MR) is 96.8 cm³/mol. The molecule has 0 saturated carbocycles. The summed E-state index contributed by atoms with van der Waals surface area (Å²) in [5.74, 6) is -1.65. The van der Waals surface area contributed by atoms with Crippen LogP contribution >= 0.6 is 0 Å². The highest BCUT2D eigenvalue weighted by Gasteiger charge is 2.30. The zero-order chi connectivity index (χ0) is 19.4. The molecular formula is C17H19N3O6S. The molecule has 2 aliphatic heterocycles. The van der Waals surface area contributed by atoms with E-state index in [2.05, 4.69) is 10.4 Å². The lowest BCUT2D eigenvalue weighted by Crippen LogP contribution is -2.39. The normalized spacial score (nSPS) is 21.5. The van der Waals surface area contributed by atoms with E-state index >= 15 is 0 Å². The molecule has 1 unspecified atom stereocenters. The molecule has 0 bridgehead atoms. The van der Waals surface area contributed by atoms with Gasteiger partial charge in [0.2, 0.25) is 5.91 Å². The summed E-state index contributed by atoms with van der Waals surface area (Å²) in [6.07, 6.45) is 0.585. The van der Waals surface area contributed by atoms with Crippen LogP contribution in [0.4, 0.5) is 5.69 Å². The minimum atomic E-state index is -3.11. The third-order valence-electron chi connectivity index (χ3n) is 4.20. The summed E-state index contributed by atoms with van der Waals surface area (Å²) in [4.78, 5) is 36.0. The molecule has 1 atom stereocenters. The molecule has 1 aromatic carbocycles. The van der Waals surface area contributed by atoms with Crippen LogP contribution in [0.25, 0.3) is 0 Å². The number of benzene rings is 1. The van der Waals surface area contributed by atoms with Crippen LogP contribution in [0.2, 0.25) is 0 Å². The molecule has 10 heteroatoms. The van der Waals surface area contributed by atoms with Gasteiger partial charge < -0.3 is 10.1 Å². The molecule has 2 amide bonds. The molecule has 3 rings (SSSR count). The van der Waals surface area contributed by atoms with Crippen molar-refractivity contribution in [2.45, 2.75) is 25.3 Å². The highest BCUT2D eigenvalue weighted by Crippen LogP contribution is 2.20. The Labute approximate surface area is 156 Å². The number of esters is 1. The second-order valence-electron chi connectivity index (χ2n) is 6.33. The number of carbonyl (C=O) groups is 3. The zero-order valence-electron chi connectivity index (χ0n) is 14.5. The lowest BCUT2D eigenvalue weighted by atomic mass is 10.1. The van der Waals surface area contributed by atoms with E-state index in [1.807, 2.05) is 0 Å². The number of rotatable bonds is 5. The molecule has 144 valence electrons. The molecular weight excluding hydrogens is 374 g/mol. The first-order valence-corrected chi connectivity index (χ1v) is 10.3. The number of sulfone groups is 1. The average Bonchev–Trinajstić information content (AvgIpc) is 2.99. The van der Waals surface area contributed by atoms with E-state index in [-0.39, 0.29) is 36.0 Å². The van der Waals surface area contributed by atoms with Gasteiger partial charge in [-0.2, -0.15) is 5.10 Å². The Bertz CT molecular complexity index is 881. The lowest BCUT2D eigenvalue weighted by Gasteiger charge is -2.22. The third-order valence-corrected chi connectivity index (χ3v) is 5.97. The van der Waals surface area contributed by atoms with E-state index < -0.39 is 34.4 Å². The number of hydrazone groups is 1. The standard InChI is InChI=1S/C17H19N3O6S/c21-15(18-12-8-9-27(24,25)11-12)10-26-17(23)14-6-7-16(22)20(19-14)13-4-2-1-3-5-13/h1-5,12H,6-11H2,(H,18,21). The summed E-state index contributed by atoms with van der Waals surface area (Å²) >= 11 is 0. The molecule has 0 spiro atoms. The maximum atomic E-state index is 12.2. The lowest BCUT2D eigenvalue weighted by molar-refractivity contribution is -0.142. The van der Waals surface area contributed by atoms with Crippen molar-refractivity contribution in [3.63, 3.8) is 0 Å². The molecule has 2 aliphatic rings. The van der Waals surface area contributed by atoms with E-state index in [1.54, 1.807) is 30.3 Å². The second kappa shape index (κ2) is 7.87. The van der Waals surface area contributed by atoms with Gasteiger partial charge in [-0.1, -0.05) is 18.2 Å². The molecule has 2 heterocycles. The van der Waals surface area contributed by atoms with Crippen LogP contribution in [0.15, 0.2) is 35.4 Å². The fourth-order valence-electron chi connectivity index (χ4n) is 2.86. The van der Waals surface area contributed by atoms with Crippen LogP contribution in [-0.4, -0.2) is 56.1 Å². The van der Waals surface area contributed by atoms with Gasteiger partial charge in [-0.3, -0.25) is 9.59 Å². The van der Waals surface area contributed by atoms with Crippen molar-refractivity contribution >= 4 is 39.0 Å². The fourth-order valence-corrected chi connectivity index (χ4v) is 4.54. The van der Waals surface area contributed by atoms with E-state index in [0.717, 1.165) is 5.01 Å². The number of anilines is 1. The highest BCUT2D eigenvalue weighted by molar-refractivity contribution is 7.91. The second-order valence-corrected chi connectivity index (χ2v) is 8.56. The molecule has 0 radical (unpaired) electrons. The van der Waals surface area contributed by atoms with Crippen molar-refractivity contribution in [2.24, 2.45) is 5.10 Å². The highest BCUT2D eigenvalue weighted by atomic mass is 32.2. The van der Waals surface area contributed by atoms with Gasteiger partial charge in [0.25, 0.3) is 5.91 Å². The quantitative estimate of drug-likeness (QED) is 0.704. The van der Waals surface area contributed by atoms with Gasteiger partial charge in [-0.05, 0) is 18.6 Å². The van der Waals surface area contributed by atoms with Crippen molar-refractivity contribution in [3.05, 3.63) is 30.3 Å². The van der Waals surface area contributed by atoms with Gasteiger partial charge in [0.05, 0.1) is 17.2 Å². The molecule has 9 nitrogen and oxygen atoms in total. The van der Waals surface area contributed by atoms with Gasteiger partial charge in [-0.25, -0.2) is 18.2 Å². The number of hydrogen-bond acceptors (Lipinski definition) is 7. The van der Waals surface area contributed by atoms with Crippen molar-refractivity contribution in [2.75, 3.05) is 23.1 Å². The van der Waals surface area contributed by atoms with Gasteiger partial charge in [0.15, 0.2) is 16.4 Å². The SMILES string of the molecule is O=C(COC(=O)C1=NN(c2ccccc2)C(=O)CC1)NC1CCS(=O)(=O)C1. The summed E-state index contributed by atoms with van der Waals surface area (Å²) in [6.45, 7) is -0.534. The Morgan fingerprint density at radius 3 is 2.63 bits per heavy atom. The third kappa shape index (κ3) is 4.91. The van der Waals surface area contributed by atoms with Crippen molar-refractivity contribution in [3.8, 4) is 0 Å². The number of nitrogens with one attached hydrogen (secondary N) is 1. The summed E-state index contributed by atoms with van der Waals surface area (Å²) in [6, 6.07) is 8.22. The first-order chi connectivity index (χ1) is 12.8. The van der Waals surface area contributed by atoms with E-state index in [9.17, 15) is 22.8 Å². The number of amides is 2. The molecule has 1 saturated heterocycles. The fraction of sp³-hybridized carbons (Fsp3) is 0.412. The van der Waals surface area contributed by atoms with E-state index in [4.69, 9.17) is 4.74 Å². The molecule has 1 fully saturated rings. The van der Waals surface area contributed by atoms with Crippen LogP contribution < -0.4 is 10.3 Å². The Balaban J connectivity index is 1.56. The van der Waals surface area contributed by atoms with Crippen LogP contribution in [0, 0.1) is 0 Å². The van der Waals surface area contributed by atoms with Crippen molar-refractivity contribution < 1.29 is 27.5 Å². The summed E-state index contributed by atoms with van der Waals surface area (Å²) in [7, 11) is -3.11. The topological polar surface area (TPSA) is 122 Å². The maximum Gasteiger partial charge on any atom is 0.355 e. The Kier molecular flexibility index (Phi) is 5.54. The zero-order valence-corrected chi connectivity index (χ0v) is 15.3. The van der Waals surface area contributed by atoms with Crippen LogP contribution in [0.5, 0.6) is 0 Å². The molecule has 1 N–H and O–H groups in total. The number of hydrogen-bond donors (Lipinski definition) is 1. The Morgan fingerprint density at radius 2 is 1.96 bits per heavy atom. The minimum Gasteiger partial charge on any atom is -0.451 e. The first-order valence-electron chi connectivity index (χ1n) is 8.46. The van der Waals surface area contributed by atoms with Crippen LogP contribution in [0.3, 0.4) is 0 Å². The summed E-state index contributed by atoms with van der Waals surface area (Å²) in [5.41, 5.74) is 0.586. The summed E-state index contributed by atoms with van der Waals surface area (Å²) < 4.78 is 27.7. The Hall–Kier alpha value is -2.75. The predicted octanol–water partition coefficient (Wildman–Crippen LogP) is 0.0159.